The van der Waals surface area contributed by atoms with Gasteiger partial charge in [0, 0.05) is 12.7 Å². The van der Waals surface area contributed by atoms with Crippen molar-refractivity contribution in [2.24, 2.45) is 4.99 Å². The SMILES string of the molecule is Cc1ccc(F)cc1[C@H]1C[C@H](F)CN1C(=O)C1=NCc2ncnc(N[C@H]3C[C@H](S(C)(=O)=O)C[C@@H]3O)c21. The molecule has 1 aliphatic carbocycles. The van der Waals surface area contributed by atoms with Gasteiger partial charge in [0.25, 0.3) is 5.91 Å². The third-order valence-corrected chi connectivity index (χ3v) is 8.87. The normalized spacial score (nSPS) is 27.8. The van der Waals surface area contributed by atoms with Crippen molar-refractivity contribution in [2.45, 2.75) is 62.3 Å². The van der Waals surface area contributed by atoms with Crippen LogP contribution in [0.25, 0.3) is 0 Å². The van der Waals surface area contributed by atoms with Crippen LogP contribution in [0.15, 0.2) is 29.5 Å². The Morgan fingerprint density at radius 2 is 2.00 bits per heavy atom. The Kier molecular flexibility index (Phi) is 6.27. The number of likely N-dealkylation sites (tertiary alicyclic amines) is 1. The number of aliphatic imine (C=N–C) groups is 1. The topological polar surface area (TPSA) is 125 Å². The van der Waals surface area contributed by atoms with Gasteiger partial charge in [0.15, 0.2) is 0 Å². The highest BCUT2D eigenvalue weighted by atomic mass is 32.2. The molecule has 9 nitrogen and oxygen atoms in total. The number of anilines is 1. The van der Waals surface area contributed by atoms with E-state index in [9.17, 15) is 27.1 Å². The molecule has 5 atom stereocenters. The average Bonchev–Trinajstić information content (AvgIpc) is 3.52. The lowest BCUT2D eigenvalue weighted by molar-refractivity contribution is -0.125. The Balaban J connectivity index is 1.43. The summed E-state index contributed by atoms with van der Waals surface area (Å²) in [4.78, 5) is 27.9. The minimum atomic E-state index is -3.33. The second-order valence-corrected chi connectivity index (χ2v) is 12.1. The first-order valence-electron chi connectivity index (χ1n) is 11.8. The van der Waals surface area contributed by atoms with Gasteiger partial charge in [-0.15, -0.1) is 0 Å². The molecule has 36 heavy (non-hydrogen) atoms. The zero-order valence-corrected chi connectivity index (χ0v) is 20.7. The maximum atomic E-state index is 14.6. The van der Waals surface area contributed by atoms with Gasteiger partial charge in [0.1, 0.15) is 39.7 Å². The van der Waals surface area contributed by atoms with Crippen molar-refractivity contribution in [1.82, 2.24) is 14.9 Å². The summed E-state index contributed by atoms with van der Waals surface area (Å²) in [6.45, 7) is 1.77. The second kappa shape index (κ2) is 9.15. The number of aliphatic hydroxyl groups excluding tert-OH is 1. The molecule has 1 aromatic carbocycles. The van der Waals surface area contributed by atoms with E-state index in [4.69, 9.17) is 0 Å². The number of carbonyl (C=O) groups is 1. The fourth-order valence-corrected chi connectivity index (χ4v) is 6.47. The number of aliphatic hydroxyl groups is 1. The number of benzene rings is 1. The lowest BCUT2D eigenvalue weighted by atomic mass is 9.98. The Hall–Kier alpha value is -2.99. The molecule has 0 bridgehead atoms. The van der Waals surface area contributed by atoms with E-state index in [0.717, 1.165) is 11.8 Å². The Morgan fingerprint density at radius 3 is 2.72 bits per heavy atom. The predicted molar refractivity (Wildman–Crippen MR) is 129 cm³/mol. The number of amides is 1. The van der Waals surface area contributed by atoms with Crippen LogP contribution in [0.2, 0.25) is 0 Å². The molecule has 1 saturated carbocycles. The summed E-state index contributed by atoms with van der Waals surface area (Å²) in [7, 11) is -3.33. The van der Waals surface area contributed by atoms with E-state index in [2.05, 4.69) is 20.3 Å². The summed E-state index contributed by atoms with van der Waals surface area (Å²) >= 11 is 0. The molecular formula is C24H27F2N5O4S. The number of sulfone groups is 1. The molecule has 192 valence electrons. The lowest BCUT2D eigenvalue weighted by Gasteiger charge is -2.26. The van der Waals surface area contributed by atoms with E-state index in [1.165, 1.54) is 23.4 Å². The minimum Gasteiger partial charge on any atom is -0.391 e. The van der Waals surface area contributed by atoms with Gasteiger partial charge in [-0.3, -0.25) is 9.79 Å². The Morgan fingerprint density at radius 1 is 1.22 bits per heavy atom. The first-order valence-corrected chi connectivity index (χ1v) is 13.7. The van der Waals surface area contributed by atoms with E-state index in [0.29, 0.717) is 16.8 Å². The van der Waals surface area contributed by atoms with Crippen LogP contribution >= 0.6 is 0 Å². The van der Waals surface area contributed by atoms with Gasteiger partial charge in [0.05, 0.1) is 47.8 Å². The molecule has 3 aliphatic rings. The summed E-state index contributed by atoms with van der Waals surface area (Å²) in [5.74, 6) is -0.713. The molecule has 1 saturated heterocycles. The fourth-order valence-electron chi connectivity index (χ4n) is 5.37. The van der Waals surface area contributed by atoms with Gasteiger partial charge >= 0.3 is 0 Å². The molecule has 1 aromatic heterocycles. The first-order chi connectivity index (χ1) is 17.0. The number of halogens is 2. The van der Waals surface area contributed by atoms with E-state index in [1.807, 2.05) is 0 Å². The standard InChI is InChI=1S/C24H27F2N5O4S/c1-12-3-4-13(25)5-16(12)19-6-14(26)10-31(19)24(33)22-21-18(9-27-22)28-11-29-23(21)30-17-7-15(8-20(17)32)36(2,34)35/h3-5,11,14-15,17,19-20,32H,6-10H2,1-2H3,(H,28,29,30)/t14-,15-,17-,19+,20-/m0/s1. The number of fused-ring (bicyclic) bond motifs is 1. The van der Waals surface area contributed by atoms with Crippen molar-refractivity contribution in [3.8, 4) is 0 Å². The maximum absolute atomic E-state index is 14.6. The molecule has 2 aliphatic heterocycles. The monoisotopic (exact) mass is 519 g/mol. The largest absolute Gasteiger partial charge is 0.391 e. The molecule has 2 N–H and O–H groups in total. The molecule has 0 radical (unpaired) electrons. The fraction of sp³-hybridized carbons (Fsp3) is 0.500. The second-order valence-electron chi connectivity index (χ2n) is 9.76. The number of hydrogen-bond acceptors (Lipinski definition) is 8. The van der Waals surface area contributed by atoms with Crippen LogP contribution in [0.4, 0.5) is 14.6 Å². The Bertz CT molecular complexity index is 1350. The smallest absolute Gasteiger partial charge is 0.273 e. The number of aromatic nitrogens is 2. The highest BCUT2D eigenvalue weighted by Crippen LogP contribution is 2.37. The maximum Gasteiger partial charge on any atom is 0.273 e. The van der Waals surface area contributed by atoms with Crippen molar-refractivity contribution < 1.29 is 27.1 Å². The number of alkyl halides is 1. The highest BCUT2D eigenvalue weighted by molar-refractivity contribution is 7.91. The molecule has 5 rings (SSSR count). The van der Waals surface area contributed by atoms with Crippen LogP contribution in [0, 0.1) is 12.7 Å². The number of aryl methyl sites for hydroxylation is 1. The van der Waals surface area contributed by atoms with Gasteiger partial charge in [0.2, 0.25) is 0 Å². The summed E-state index contributed by atoms with van der Waals surface area (Å²) in [6, 6.07) is 3.02. The van der Waals surface area contributed by atoms with Crippen molar-refractivity contribution in [3.63, 3.8) is 0 Å². The van der Waals surface area contributed by atoms with Crippen LogP contribution in [0.5, 0.6) is 0 Å². The van der Waals surface area contributed by atoms with E-state index >= 15 is 0 Å². The van der Waals surface area contributed by atoms with Crippen LogP contribution in [0.1, 0.15) is 47.7 Å². The molecule has 2 fully saturated rings. The van der Waals surface area contributed by atoms with Gasteiger partial charge in [-0.1, -0.05) is 6.07 Å². The zero-order chi connectivity index (χ0) is 25.8. The zero-order valence-electron chi connectivity index (χ0n) is 19.9. The van der Waals surface area contributed by atoms with E-state index in [-0.39, 0.29) is 43.9 Å². The van der Waals surface area contributed by atoms with Gasteiger partial charge in [-0.05, 0) is 43.0 Å². The van der Waals surface area contributed by atoms with Crippen molar-refractivity contribution in [2.75, 3.05) is 18.1 Å². The Labute approximate surface area is 207 Å². The van der Waals surface area contributed by atoms with Crippen LogP contribution in [0.3, 0.4) is 0 Å². The molecule has 0 unspecified atom stereocenters. The number of rotatable bonds is 5. The van der Waals surface area contributed by atoms with Crippen LogP contribution < -0.4 is 5.32 Å². The van der Waals surface area contributed by atoms with E-state index < -0.39 is 51.2 Å². The number of nitrogens with one attached hydrogen (secondary N) is 1. The van der Waals surface area contributed by atoms with Crippen molar-refractivity contribution >= 4 is 27.3 Å². The van der Waals surface area contributed by atoms with Gasteiger partial charge in [-0.2, -0.15) is 0 Å². The van der Waals surface area contributed by atoms with Gasteiger partial charge in [-0.25, -0.2) is 27.2 Å². The number of carbonyl (C=O) groups excluding carboxylic acids is 1. The molecule has 0 spiro atoms. The van der Waals surface area contributed by atoms with Crippen LogP contribution in [-0.2, 0) is 21.2 Å². The average molecular weight is 520 g/mol. The predicted octanol–water partition coefficient (Wildman–Crippen LogP) is 1.89. The molecule has 2 aromatic rings. The highest BCUT2D eigenvalue weighted by Gasteiger charge is 2.42. The molecular weight excluding hydrogens is 492 g/mol. The number of nitrogens with zero attached hydrogens (tertiary/aromatic N) is 4. The molecule has 1 amide bonds. The summed E-state index contributed by atoms with van der Waals surface area (Å²) in [6.07, 6.45) is 0.608. The van der Waals surface area contributed by atoms with Crippen molar-refractivity contribution in [1.29, 1.82) is 0 Å². The summed E-state index contributed by atoms with van der Waals surface area (Å²) < 4.78 is 52.5. The lowest BCUT2D eigenvalue weighted by Crippen LogP contribution is -2.38. The quantitative estimate of drug-likeness (QED) is 0.618. The molecule has 3 heterocycles. The van der Waals surface area contributed by atoms with E-state index in [1.54, 1.807) is 13.0 Å². The third-order valence-electron chi connectivity index (χ3n) is 7.28. The molecule has 12 heteroatoms. The number of hydrogen-bond donors (Lipinski definition) is 2. The third kappa shape index (κ3) is 4.47. The first kappa shape index (κ1) is 24.7. The van der Waals surface area contributed by atoms with Crippen LogP contribution in [-0.4, -0.2) is 76.4 Å². The summed E-state index contributed by atoms with van der Waals surface area (Å²) in [5.41, 5.74) is 2.22. The van der Waals surface area contributed by atoms with Crippen molar-refractivity contribution in [3.05, 3.63) is 52.7 Å². The minimum absolute atomic E-state index is 0.0493. The van der Waals surface area contributed by atoms with Gasteiger partial charge < -0.3 is 15.3 Å². The summed E-state index contributed by atoms with van der Waals surface area (Å²) in [5, 5.41) is 12.9.